The highest BCUT2D eigenvalue weighted by Crippen LogP contribution is 2.14. The topological polar surface area (TPSA) is 21.3 Å². The Labute approximate surface area is 109 Å². The molecule has 0 aromatic heterocycles. The fourth-order valence-corrected chi connectivity index (χ4v) is 2.04. The van der Waals surface area contributed by atoms with Crippen molar-refractivity contribution in [2.24, 2.45) is 5.92 Å². The van der Waals surface area contributed by atoms with E-state index in [1.165, 1.54) is 5.56 Å². The molecule has 1 N–H and O–H groups in total. The first kappa shape index (κ1) is 14.5. The predicted octanol–water partition coefficient (Wildman–Crippen LogP) is 3.14. The van der Waals surface area contributed by atoms with E-state index in [2.05, 4.69) is 25.2 Å². The van der Waals surface area contributed by atoms with Crippen LogP contribution in [0.15, 0.2) is 24.3 Å². The van der Waals surface area contributed by atoms with Gasteiger partial charge in [-0.25, -0.2) is 0 Å². The van der Waals surface area contributed by atoms with Gasteiger partial charge in [0.05, 0.1) is 6.61 Å². The summed E-state index contributed by atoms with van der Waals surface area (Å²) in [4.78, 5) is 0. The largest absolute Gasteiger partial charge is 0.384 e. The van der Waals surface area contributed by atoms with E-state index >= 15 is 0 Å². The van der Waals surface area contributed by atoms with Gasteiger partial charge in [-0.2, -0.15) is 0 Å². The van der Waals surface area contributed by atoms with Crippen LogP contribution in [0.2, 0.25) is 5.02 Å². The number of methoxy groups -OCH3 is 1. The maximum atomic E-state index is 5.99. The van der Waals surface area contributed by atoms with Gasteiger partial charge in [0.2, 0.25) is 0 Å². The molecule has 0 aliphatic carbocycles. The molecule has 0 saturated carbocycles. The number of halogens is 1. The third-order valence-corrected chi connectivity index (χ3v) is 2.87. The standard InChI is InChI=1S/C14H22ClNO/c1-11(2)16-9-13(10-17-3)7-12-5-4-6-14(15)8-12/h4-6,8,11,13,16H,7,9-10H2,1-3H3. The van der Waals surface area contributed by atoms with Crippen molar-refractivity contribution < 1.29 is 4.74 Å². The molecule has 1 unspecified atom stereocenters. The Balaban J connectivity index is 2.53. The molecule has 1 aromatic rings. The third kappa shape index (κ3) is 6.06. The molecule has 0 amide bonds. The van der Waals surface area contributed by atoms with E-state index in [0.29, 0.717) is 12.0 Å². The molecule has 96 valence electrons. The average molecular weight is 256 g/mol. The lowest BCUT2D eigenvalue weighted by Crippen LogP contribution is -2.32. The molecule has 1 atom stereocenters. The summed E-state index contributed by atoms with van der Waals surface area (Å²) in [5.41, 5.74) is 1.27. The molecule has 0 saturated heterocycles. The smallest absolute Gasteiger partial charge is 0.0505 e. The second-order valence-electron chi connectivity index (χ2n) is 4.72. The number of nitrogens with one attached hydrogen (secondary N) is 1. The highest BCUT2D eigenvalue weighted by atomic mass is 35.5. The van der Waals surface area contributed by atoms with Crippen molar-refractivity contribution in [3.05, 3.63) is 34.9 Å². The van der Waals surface area contributed by atoms with Crippen LogP contribution < -0.4 is 5.32 Å². The van der Waals surface area contributed by atoms with Crippen LogP contribution in [0.1, 0.15) is 19.4 Å². The Kier molecular flexibility index (Phi) is 6.56. The monoisotopic (exact) mass is 255 g/mol. The molecule has 0 heterocycles. The molecule has 0 aliphatic heterocycles. The highest BCUT2D eigenvalue weighted by Gasteiger charge is 2.10. The lowest BCUT2D eigenvalue weighted by Gasteiger charge is -2.18. The van der Waals surface area contributed by atoms with Crippen LogP contribution in [0.25, 0.3) is 0 Å². The van der Waals surface area contributed by atoms with Crippen molar-refractivity contribution in [2.45, 2.75) is 26.3 Å². The molecular formula is C14H22ClNO. The first-order chi connectivity index (χ1) is 8.11. The Morgan fingerprint density at radius 2 is 2.12 bits per heavy atom. The number of rotatable bonds is 7. The predicted molar refractivity (Wildman–Crippen MR) is 73.7 cm³/mol. The van der Waals surface area contributed by atoms with E-state index in [4.69, 9.17) is 16.3 Å². The molecular weight excluding hydrogens is 234 g/mol. The van der Waals surface area contributed by atoms with E-state index in [-0.39, 0.29) is 0 Å². The first-order valence-corrected chi connectivity index (χ1v) is 6.46. The van der Waals surface area contributed by atoms with Crippen molar-refractivity contribution in [3.63, 3.8) is 0 Å². The highest BCUT2D eigenvalue weighted by molar-refractivity contribution is 6.30. The quantitative estimate of drug-likeness (QED) is 0.808. The summed E-state index contributed by atoms with van der Waals surface area (Å²) >= 11 is 5.99. The van der Waals surface area contributed by atoms with Crippen LogP contribution in [-0.2, 0) is 11.2 Å². The van der Waals surface area contributed by atoms with E-state index in [1.807, 2.05) is 18.2 Å². The van der Waals surface area contributed by atoms with E-state index < -0.39 is 0 Å². The van der Waals surface area contributed by atoms with Gasteiger partial charge in [0.25, 0.3) is 0 Å². The van der Waals surface area contributed by atoms with Crippen LogP contribution in [0.4, 0.5) is 0 Å². The summed E-state index contributed by atoms with van der Waals surface area (Å²) < 4.78 is 5.27. The van der Waals surface area contributed by atoms with Crippen LogP contribution >= 0.6 is 11.6 Å². The van der Waals surface area contributed by atoms with Gasteiger partial charge >= 0.3 is 0 Å². The molecule has 0 spiro atoms. The van der Waals surface area contributed by atoms with Gasteiger partial charge < -0.3 is 10.1 Å². The van der Waals surface area contributed by atoms with Gasteiger partial charge in [-0.15, -0.1) is 0 Å². The molecule has 1 aromatic carbocycles. The zero-order valence-corrected chi connectivity index (χ0v) is 11.6. The molecule has 0 radical (unpaired) electrons. The van der Waals surface area contributed by atoms with Gasteiger partial charge in [-0.1, -0.05) is 37.6 Å². The second-order valence-corrected chi connectivity index (χ2v) is 5.15. The van der Waals surface area contributed by atoms with Crippen LogP contribution in [0.3, 0.4) is 0 Å². The van der Waals surface area contributed by atoms with Gasteiger partial charge in [0, 0.05) is 24.7 Å². The fourth-order valence-electron chi connectivity index (χ4n) is 1.83. The molecule has 3 heteroatoms. The lowest BCUT2D eigenvalue weighted by atomic mass is 10.00. The van der Waals surface area contributed by atoms with Gasteiger partial charge in [0.1, 0.15) is 0 Å². The van der Waals surface area contributed by atoms with E-state index in [9.17, 15) is 0 Å². The molecule has 0 bridgehead atoms. The van der Waals surface area contributed by atoms with Crippen molar-refractivity contribution in [1.82, 2.24) is 5.32 Å². The fraction of sp³-hybridized carbons (Fsp3) is 0.571. The minimum Gasteiger partial charge on any atom is -0.384 e. The Hall–Kier alpha value is -0.570. The lowest BCUT2D eigenvalue weighted by molar-refractivity contribution is 0.149. The van der Waals surface area contributed by atoms with E-state index in [0.717, 1.165) is 24.6 Å². The minimum atomic E-state index is 0.487. The number of ether oxygens (including phenoxy) is 1. The summed E-state index contributed by atoms with van der Waals surface area (Å²) in [5.74, 6) is 0.487. The Bertz CT molecular complexity index is 328. The summed E-state index contributed by atoms with van der Waals surface area (Å²) in [5, 5.41) is 4.25. The zero-order chi connectivity index (χ0) is 12.7. The van der Waals surface area contributed by atoms with Crippen LogP contribution in [0, 0.1) is 5.92 Å². The second kappa shape index (κ2) is 7.70. The number of benzene rings is 1. The van der Waals surface area contributed by atoms with Crippen LogP contribution in [0.5, 0.6) is 0 Å². The first-order valence-electron chi connectivity index (χ1n) is 6.08. The normalized spacial score (nSPS) is 13.0. The zero-order valence-electron chi connectivity index (χ0n) is 10.9. The summed E-state index contributed by atoms with van der Waals surface area (Å²) in [6.07, 6.45) is 0.994. The summed E-state index contributed by atoms with van der Waals surface area (Å²) in [7, 11) is 1.75. The summed E-state index contributed by atoms with van der Waals surface area (Å²) in [6.45, 7) is 6.05. The molecule has 17 heavy (non-hydrogen) atoms. The maximum Gasteiger partial charge on any atom is 0.0505 e. The maximum absolute atomic E-state index is 5.99. The van der Waals surface area contributed by atoms with Crippen molar-refractivity contribution in [2.75, 3.05) is 20.3 Å². The molecule has 0 aliphatic rings. The summed E-state index contributed by atoms with van der Waals surface area (Å²) in [6, 6.07) is 8.55. The van der Waals surface area contributed by atoms with E-state index in [1.54, 1.807) is 7.11 Å². The Morgan fingerprint density at radius 3 is 2.71 bits per heavy atom. The van der Waals surface area contributed by atoms with Gasteiger partial charge in [-0.3, -0.25) is 0 Å². The minimum absolute atomic E-state index is 0.487. The SMILES string of the molecule is COCC(CNC(C)C)Cc1cccc(Cl)c1. The van der Waals surface area contributed by atoms with Crippen molar-refractivity contribution in [1.29, 1.82) is 0 Å². The molecule has 0 fully saturated rings. The molecule has 2 nitrogen and oxygen atoms in total. The van der Waals surface area contributed by atoms with Gasteiger partial charge in [0.15, 0.2) is 0 Å². The molecule has 1 rings (SSSR count). The number of hydrogen-bond acceptors (Lipinski definition) is 2. The van der Waals surface area contributed by atoms with Crippen LogP contribution in [-0.4, -0.2) is 26.3 Å². The van der Waals surface area contributed by atoms with Crippen molar-refractivity contribution >= 4 is 11.6 Å². The Morgan fingerprint density at radius 1 is 1.35 bits per heavy atom. The average Bonchev–Trinajstić information content (AvgIpc) is 2.26. The van der Waals surface area contributed by atoms with Gasteiger partial charge in [-0.05, 0) is 30.0 Å². The number of hydrogen-bond donors (Lipinski definition) is 1. The van der Waals surface area contributed by atoms with Crippen molar-refractivity contribution in [3.8, 4) is 0 Å². The third-order valence-electron chi connectivity index (χ3n) is 2.63.